The van der Waals surface area contributed by atoms with Gasteiger partial charge < -0.3 is 14.8 Å². The molecule has 2 rings (SSSR count). The van der Waals surface area contributed by atoms with E-state index in [2.05, 4.69) is 46.0 Å². The maximum absolute atomic E-state index is 12.0. The van der Waals surface area contributed by atoms with E-state index < -0.39 is 5.92 Å². The molecule has 0 fully saturated rings. The second-order valence-corrected chi connectivity index (χ2v) is 12.8. The van der Waals surface area contributed by atoms with Crippen LogP contribution in [0.15, 0.2) is 54.1 Å². The number of ether oxygens (including phenoxy) is 1. The summed E-state index contributed by atoms with van der Waals surface area (Å²) in [6, 6.07) is 13.1. The van der Waals surface area contributed by atoms with E-state index in [4.69, 9.17) is 27.9 Å². The van der Waals surface area contributed by atoms with Crippen LogP contribution in [-0.4, -0.2) is 19.5 Å². The van der Waals surface area contributed by atoms with Gasteiger partial charge in [0.2, 0.25) is 0 Å². The van der Waals surface area contributed by atoms with Crippen molar-refractivity contribution in [3.8, 4) is 0 Å². The van der Waals surface area contributed by atoms with Crippen molar-refractivity contribution in [2.24, 2.45) is 17.8 Å². The molecule has 0 spiro atoms. The lowest BCUT2D eigenvalue weighted by Crippen LogP contribution is -2.12. The lowest BCUT2D eigenvalue weighted by atomic mass is 9.91. The van der Waals surface area contributed by atoms with Crippen LogP contribution in [0.5, 0.6) is 0 Å². The van der Waals surface area contributed by atoms with Crippen LogP contribution in [0.1, 0.15) is 104 Å². The lowest BCUT2D eigenvalue weighted by molar-refractivity contribution is -0.110. The van der Waals surface area contributed by atoms with E-state index in [-0.39, 0.29) is 0 Å². The SMILES string of the molecule is C/C(=C\COCC(C=O)c1ccccc1Nc1c(Cl)cccc1Cl)CCC[C@H](C)CCC[C@H](C)CCCC(C)C. The van der Waals surface area contributed by atoms with Gasteiger partial charge in [-0.25, -0.2) is 0 Å². The number of hydrogen-bond donors (Lipinski definition) is 1. The van der Waals surface area contributed by atoms with Crippen LogP contribution < -0.4 is 5.32 Å². The molecule has 1 N–H and O–H groups in total. The van der Waals surface area contributed by atoms with Gasteiger partial charge in [-0.3, -0.25) is 0 Å². The molecule has 0 aromatic heterocycles. The Morgan fingerprint density at radius 3 is 2.08 bits per heavy atom. The minimum atomic E-state index is -0.391. The van der Waals surface area contributed by atoms with E-state index >= 15 is 0 Å². The molecule has 5 heteroatoms. The largest absolute Gasteiger partial charge is 0.376 e. The first kappa shape index (κ1) is 34.4. The van der Waals surface area contributed by atoms with Gasteiger partial charge in [0, 0.05) is 5.69 Å². The Bertz CT molecular complexity index is 1020. The van der Waals surface area contributed by atoms with E-state index in [1.807, 2.05) is 24.3 Å². The number of rotatable bonds is 20. The molecular weight excluding hydrogens is 537 g/mol. The Morgan fingerprint density at radius 1 is 0.850 bits per heavy atom. The highest BCUT2D eigenvalue weighted by molar-refractivity contribution is 6.39. The van der Waals surface area contributed by atoms with Crippen LogP contribution in [0.2, 0.25) is 10.0 Å². The molecule has 3 nitrogen and oxygen atoms in total. The maximum Gasteiger partial charge on any atom is 0.129 e. The van der Waals surface area contributed by atoms with Crippen LogP contribution in [0.3, 0.4) is 0 Å². The van der Waals surface area contributed by atoms with E-state index in [1.165, 1.54) is 56.9 Å². The number of nitrogens with one attached hydrogen (secondary N) is 1. The zero-order chi connectivity index (χ0) is 29.3. The third kappa shape index (κ3) is 13.2. The molecule has 0 bridgehead atoms. The van der Waals surface area contributed by atoms with E-state index in [1.54, 1.807) is 18.2 Å². The number of carbonyl (C=O) groups is 1. The summed E-state index contributed by atoms with van der Waals surface area (Å²) in [5.74, 6) is 2.09. The van der Waals surface area contributed by atoms with Gasteiger partial charge in [-0.05, 0) is 61.3 Å². The summed E-state index contributed by atoms with van der Waals surface area (Å²) < 4.78 is 5.92. The third-order valence-corrected chi connectivity index (χ3v) is 8.36. The average Bonchev–Trinajstić information content (AvgIpc) is 2.91. The minimum Gasteiger partial charge on any atom is -0.376 e. The number of carbonyl (C=O) groups excluding carboxylic acids is 1. The van der Waals surface area contributed by atoms with Crippen molar-refractivity contribution in [3.05, 3.63) is 69.7 Å². The number of anilines is 2. The Labute approximate surface area is 254 Å². The highest BCUT2D eigenvalue weighted by Crippen LogP contribution is 2.35. The van der Waals surface area contributed by atoms with Crippen molar-refractivity contribution < 1.29 is 9.53 Å². The van der Waals surface area contributed by atoms with Crippen molar-refractivity contribution in [2.45, 2.75) is 98.3 Å². The van der Waals surface area contributed by atoms with Gasteiger partial charge in [-0.1, -0.05) is 132 Å². The van der Waals surface area contributed by atoms with Crippen molar-refractivity contribution in [1.82, 2.24) is 0 Å². The molecule has 1 unspecified atom stereocenters. The predicted octanol–water partition coefficient (Wildman–Crippen LogP) is 11.4. The quantitative estimate of drug-likeness (QED) is 0.0950. The number of benzene rings is 2. The molecule has 40 heavy (non-hydrogen) atoms. The zero-order valence-corrected chi connectivity index (χ0v) is 26.9. The first-order chi connectivity index (χ1) is 19.2. The Balaban J connectivity index is 1.71. The fourth-order valence-electron chi connectivity index (χ4n) is 5.09. The fourth-order valence-corrected chi connectivity index (χ4v) is 5.59. The third-order valence-electron chi connectivity index (χ3n) is 7.73. The molecule has 222 valence electrons. The molecule has 0 aliphatic rings. The first-order valence-electron chi connectivity index (χ1n) is 15.2. The predicted molar refractivity (Wildman–Crippen MR) is 174 cm³/mol. The number of para-hydroxylation sites is 2. The number of allylic oxidation sites excluding steroid dienone is 1. The molecule has 3 atom stereocenters. The summed E-state index contributed by atoms with van der Waals surface area (Å²) in [4.78, 5) is 12.0. The molecule has 0 heterocycles. The van der Waals surface area contributed by atoms with Crippen molar-refractivity contribution in [2.75, 3.05) is 18.5 Å². The molecule has 0 aliphatic heterocycles. The summed E-state index contributed by atoms with van der Waals surface area (Å²) in [6.45, 7) is 12.5. The molecule has 0 saturated carbocycles. The number of hydrogen-bond acceptors (Lipinski definition) is 3. The van der Waals surface area contributed by atoms with Crippen molar-refractivity contribution >= 4 is 40.9 Å². The van der Waals surface area contributed by atoms with Gasteiger partial charge >= 0.3 is 0 Å². The molecule has 2 aromatic rings. The van der Waals surface area contributed by atoms with Gasteiger partial charge in [0.05, 0.1) is 34.9 Å². The molecule has 2 aromatic carbocycles. The Kier molecular flexibility index (Phi) is 16.6. The van der Waals surface area contributed by atoms with Crippen LogP contribution in [0.25, 0.3) is 0 Å². The molecule has 0 amide bonds. The van der Waals surface area contributed by atoms with Gasteiger partial charge in [0.1, 0.15) is 6.29 Å². The van der Waals surface area contributed by atoms with Gasteiger partial charge in [0.25, 0.3) is 0 Å². The second kappa shape index (κ2) is 19.3. The molecule has 0 radical (unpaired) electrons. The van der Waals surface area contributed by atoms with Crippen LogP contribution in [0, 0.1) is 17.8 Å². The minimum absolute atomic E-state index is 0.315. The number of halogens is 2. The Morgan fingerprint density at radius 2 is 1.45 bits per heavy atom. The van der Waals surface area contributed by atoms with Crippen LogP contribution in [0.4, 0.5) is 11.4 Å². The lowest BCUT2D eigenvalue weighted by Gasteiger charge is -2.18. The van der Waals surface area contributed by atoms with Crippen LogP contribution >= 0.6 is 23.2 Å². The summed E-state index contributed by atoms with van der Waals surface area (Å²) in [6.07, 6.45) is 14.9. The van der Waals surface area contributed by atoms with E-state index in [0.29, 0.717) is 28.9 Å². The van der Waals surface area contributed by atoms with E-state index in [9.17, 15) is 4.79 Å². The average molecular weight is 589 g/mol. The van der Waals surface area contributed by atoms with E-state index in [0.717, 1.165) is 41.7 Å². The van der Waals surface area contributed by atoms with Crippen molar-refractivity contribution in [1.29, 1.82) is 0 Å². The van der Waals surface area contributed by atoms with Crippen LogP contribution in [-0.2, 0) is 9.53 Å². The highest BCUT2D eigenvalue weighted by atomic mass is 35.5. The normalized spacial score (nSPS) is 14.2. The number of aldehydes is 1. The topological polar surface area (TPSA) is 38.3 Å². The molecular formula is C35H51Cl2NO2. The van der Waals surface area contributed by atoms with Gasteiger partial charge in [0.15, 0.2) is 0 Å². The zero-order valence-electron chi connectivity index (χ0n) is 25.4. The van der Waals surface area contributed by atoms with Gasteiger partial charge in [-0.15, -0.1) is 0 Å². The summed E-state index contributed by atoms with van der Waals surface area (Å²) in [5.41, 5.74) is 3.63. The smallest absolute Gasteiger partial charge is 0.129 e. The summed E-state index contributed by atoms with van der Waals surface area (Å²) in [7, 11) is 0. The summed E-state index contributed by atoms with van der Waals surface area (Å²) in [5, 5.41) is 4.36. The summed E-state index contributed by atoms with van der Waals surface area (Å²) >= 11 is 12.7. The monoisotopic (exact) mass is 587 g/mol. The fraction of sp³-hybridized carbons (Fsp3) is 0.571. The van der Waals surface area contributed by atoms with Gasteiger partial charge in [-0.2, -0.15) is 0 Å². The standard InChI is InChI=1S/C35H51Cl2NO2/c1-26(2)12-8-13-27(3)14-9-15-28(4)16-10-17-29(5)22-23-40-25-30(24-39)31-18-6-7-21-34(31)38-35-32(36)19-11-20-33(35)37/h6-7,11,18-22,24,26-28,30,38H,8-10,12-17,23,25H2,1-5H3/b29-22+/t27-,28-,30?/m1/s1. The Hall–Kier alpha value is -1.81. The maximum atomic E-state index is 12.0. The van der Waals surface area contributed by atoms with Crippen molar-refractivity contribution in [3.63, 3.8) is 0 Å². The second-order valence-electron chi connectivity index (χ2n) is 12.0. The molecule has 0 saturated heterocycles. The first-order valence-corrected chi connectivity index (χ1v) is 15.9. The highest BCUT2D eigenvalue weighted by Gasteiger charge is 2.16. The molecule has 0 aliphatic carbocycles.